The molecule has 32 heavy (non-hydrogen) atoms. The summed E-state index contributed by atoms with van der Waals surface area (Å²) in [6, 6.07) is 39.1. The van der Waals surface area contributed by atoms with Crippen molar-refractivity contribution >= 4 is 22.2 Å². The fraction of sp³-hybridized carbons (Fsp3) is 0.0645. The molecule has 1 nitrogen and oxygen atoms in total. The summed E-state index contributed by atoms with van der Waals surface area (Å²) in [5.41, 5.74) is 11.0. The molecule has 1 heteroatoms. The molecule has 0 amide bonds. The number of rotatable bonds is 2. The van der Waals surface area contributed by atoms with Crippen LogP contribution >= 0.6 is 0 Å². The Morgan fingerprint density at radius 2 is 1.28 bits per heavy atom. The molecule has 0 aromatic heterocycles. The molecule has 0 unspecified atom stereocenters. The average molecular weight is 410 g/mol. The summed E-state index contributed by atoms with van der Waals surface area (Å²) in [7, 11) is 0. The van der Waals surface area contributed by atoms with Crippen molar-refractivity contribution in [3.63, 3.8) is 0 Å². The van der Waals surface area contributed by atoms with Gasteiger partial charge in [0.2, 0.25) is 0 Å². The monoisotopic (exact) mass is 409 g/mol. The Morgan fingerprint density at radius 3 is 2.19 bits per heavy atom. The minimum atomic E-state index is 0.852. The van der Waals surface area contributed by atoms with Gasteiger partial charge in [-0.1, -0.05) is 103 Å². The topological polar surface area (TPSA) is 12.4 Å². The molecule has 152 valence electrons. The Hall–Kier alpha value is -3.97. The highest BCUT2D eigenvalue weighted by Crippen LogP contribution is 2.36. The molecule has 5 aromatic carbocycles. The number of aliphatic imine (C=N–C) groups is 1. The van der Waals surface area contributed by atoms with Crippen LogP contribution in [0.25, 0.3) is 33.0 Å². The first-order valence-electron chi connectivity index (χ1n) is 11.1. The Balaban J connectivity index is 1.50. The van der Waals surface area contributed by atoms with Gasteiger partial charge in [0.05, 0.1) is 11.4 Å². The first-order valence-corrected chi connectivity index (χ1v) is 11.1. The minimum absolute atomic E-state index is 0.852. The molecule has 0 fully saturated rings. The molecule has 5 aromatic rings. The van der Waals surface area contributed by atoms with E-state index in [1.165, 1.54) is 49.7 Å². The second-order valence-electron chi connectivity index (χ2n) is 8.47. The van der Waals surface area contributed by atoms with Crippen LogP contribution in [0, 0.1) is 6.92 Å². The Labute approximate surface area is 188 Å². The lowest BCUT2D eigenvalue weighted by Crippen LogP contribution is -2.13. The SMILES string of the molecule is Cc1ccc(-c2cccc3ccccc23)cc1/N=C1\Cc2ccccc2-c2ccccc21. The summed E-state index contributed by atoms with van der Waals surface area (Å²) >= 11 is 0. The standard InChI is InChI=1S/C31H23N/c1-21-17-18-24(26-16-8-11-22-9-2-4-12-25(22)26)19-30(21)32-31-20-23-10-3-5-13-27(23)28-14-6-7-15-29(28)31/h2-19H,20H2,1H3/b32-31+. The average Bonchev–Trinajstić information content (AvgIpc) is 2.85. The summed E-state index contributed by atoms with van der Waals surface area (Å²) in [6.07, 6.45) is 0.852. The first-order chi connectivity index (χ1) is 15.8. The van der Waals surface area contributed by atoms with E-state index in [1.54, 1.807) is 0 Å². The van der Waals surface area contributed by atoms with E-state index in [0.717, 1.165) is 17.8 Å². The van der Waals surface area contributed by atoms with E-state index in [4.69, 9.17) is 4.99 Å². The van der Waals surface area contributed by atoms with Gasteiger partial charge in [-0.15, -0.1) is 0 Å². The van der Waals surface area contributed by atoms with Gasteiger partial charge in [-0.2, -0.15) is 0 Å². The van der Waals surface area contributed by atoms with Crippen LogP contribution in [0.2, 0.25) is 0 Å². The van der Waals surface area contributed by atoms with Crippen LogP contribution in [-0.4, -0.2) is 5.71 Å². The van der Waals surface area contributed by atoms with Gasteiger partial charge in [0.15, 0.2) is 0 Å². The van der Waals surface area contributed by atoms with Gasteiger partial charge in [0.25, 0.3) is 0 Å². The molecular weight excluding hydrogens is 386 g/mol. The molecule has 0 N–H and O–H groups in total. The predicted octanol–water partition coefficient (Wildman–Crippen LogP) is 8.16. The van der Waals surface area contributed by atoms with Crippen molar-refractivity contribution < 1.29 is 0 Å². The molecule has 0 aliphatic heterocycles. The van der Waals surface area contributed by atoms with E-state index in [0.29, 0.717) is 0 Å². The van der Waals surface area contributed by atoms with E-state index >= 15 is 0 Å². The first kappa shape index (κ1) is 18.8. The van der Waals surface area contributed by atoms with Gasteiger partial charge < -0.3 is 0 Å². The number of hydrogen-bond donors (Lipinski definition) is 0. The zero-order chi connectivity index (χ0) is 21.5. The number of fused-ring (bicyclic) bond motifs is 4. The third-order valence-corrected chi connectivity index (χ3v) is 6.47. The molecule has 0 spiro atoms. The normalized spacial score (nSPS) is 13.7. The quantitative estimate of drug-likeness (QED) is 0.279. The molecule has 0 radical (unpaired) electrons. The van der Waals surface area contributed by atoms with Crippen molar-refractivity contribution in [1.29, 1.82) is 0 Å². The second kappa shape index (κ2) is 7.62. The minimum Gasteiger partial charge on any atom is -0.252 e. The number of hydrogen-bond acceptors (Lipinski definition) is 1. The molecular formula is C31H23N. The predicted molar refractivity (Wildman–Crippen MR) is 136 cm³/mol. The highest BCUT2D eigenvalue weighted by atomic mass is 14.8. The Bertz CT molecular complexity index is 1500. The number of nitrogens with zero attached hydrogens (tertiary/aromatic N) is 1. The van der Waals surface area contributed by atoms with Crippen LogP contribution in [0.3, 0.4) is 0 Å². The van der Waals surface area contributed by atoms with Gasteiger partial charge in [0.1, 0.15) is 0 Å². The smallest absolute Gasteiger partial charge is 0.0668 e. The van der Waals surface area contributed by atoms with E-state index in [1.807, 2.05) is 0 Å². The maximum atomic E-state index is 5.24. The second-order valence-corrected chi connectivity index (χ2v) is 8.47. The molecule has 0 heterocycles. The summed E-state index contributed by atoms with van der Waals surface area (Å²) in [6.45, 7) is 2.15. The van der Waals surface area contributed by atoms with Gasteiger partial charge >= 0.3 is 0 Å². The van der Waals surface area contributed by atoms with Crippen molar-refractivity contribution in [2.24, 2.45) is 4.99 Å². The maximum absolute atomic E-state index is 5.24. The van der Waals surface area contributed by atoms with Gasteiger partial charge in [0, 0.05) is 12.0 Å². The summed E-state index contributed by atoms with van der Waals surface area (Å²) in [5.74, 6) is 0. The zero-order valence-corrected chi connectivity index (χ0v) is 18.0. The molecule has 0 atom stereocenters. The third kappa shape index (κ3) is 3.14. The zero-order valence-electron chi connectivity index (χ0n) is 18.0. The lowest BCUT2D eigenvalue weighted by atomic mass is 9.84. The third-order valence-electron chi connectivity index (χ3n) is 6.47. The summed E-state index contributed by atoms with van der Waals surface area (Å²) < 4.78 is 0. The number of benzene rings is 5. The Kier molecular flexibility index (Phi) is 4.47. The molecule has 1 aliphatic rings. The van der Waals surface area contributed by atoms with Crippen LogP contribution in [0.5, 0.6) is 0 Å². The largest absolute Gasteiger partial charge is 0.252 e. The van der Waals surface area contributed by atoms with E-state index in [-0.39, 0.29) is 0 Å². The van der Waals surface area contributed by atoms with Crippen molar-refractivity contribution in [3.8, 4) is 22.3 Å². The van der Waals surface area contributed by atoms with E-state index in [9.17, 15) is 0 Å². The highest BCUT2D eigenvalue weighted by molar-refractivity contribution is 6.11. The van der Waals surface area contributed by atoms with Crippen molar-refractivity contribution in [2.75, 3.05) is 0 Å². The van der Waals surface area contributed by atoms with Crippen LogP contribution in [-0.2, 0) is 6.42 Å². The van der Waals surface area contributed by atoms with Crippen molar-refractivity contribution in [2.45, 2.75) is 13.3 Å². The lowest BCUT2D eigenvalue weighted by Gasteiger charge is -2.22. The fourth-order valence-corrected chi connectivity index (χ4v) is 4.80. The van der Waals surface area contributed by atoms with Crippen LogP contribution in [0.1, 0.15) is 16.7 Å². The van der Waals surface area contributed by atoms with Crippen LogP contribution < -0.4 is 0 Å². The Morgan fingerprint density at radius 1 is 0.594 bits per heavy atom. The van der Waals surface area contributed by atoms with Gasteiger partial charge in [-0.25, -0.2) is 0 Å². The highest BCUT2D eigenvalue weighted by Gasteiger charge is 2.20. The van der Waals surface area contributed by atoms with E-state index in [2.05, 4.69) is 116 Å². The molecule has 6 rings (SSSR count). The number of aryl methyl sites for hydroxylation is 1. The molecule has 0 saturated carbocycles. The molecule has 0 bridgehead atoms. The van der Waals surface area contributed by atoms with Crippen molar-refractivity contribution in [3.05, 3.63) is 126 Å². The van der Waals surface area contributed by atoms with Crippen LogP contribution in [0.15, 0.2) is 114 Å². The molecule has 1 aliphatic carbocycles. The lowest BCUT2D eigenvalue weighted by molar-refractivity contribution is 1.26. The van der Waals surface area contributed by atoms with Gasteiger partial charge in [-0.05, 0) is 57.1 Å². The summed E-state index contributed by atoms with van der Waals surface area (Å²) in [5, 5.41) is 2.53. The molecule has 0 saturated heterocycles. The van der Waals surface area contributed by atoms with Crippen molar-refractivity contribution in [1.82, 2.24) is 0 Å². The van der Waals surface area contributed by atoms with Gasteiger partial charge in [-0.3, -0.25) is 4.99 Å². The fourth-order valence-electron chi connectivity index (χ4n) is 4.80. The van der Waals surface area contributed by atoms with Crippen LogP contribution in [0.4, 0.5) is 5.69 Å². The van der Waals surface area contributed by atoms with E-state index < -0.39 is 0 Å². The maximum Gasteiger partial charge on any atom is 0.0668 e. The summed E-state index contributed by atoms with van der Waals surface area (Å²) in [4.78, 5) is 5.24.